The molecule has 1 N–H and O–H groups in total. The minimum absolute atomic E-state index is 0.0541. The molecule has 0 radical (unpaired) electrons. The van der Waals surface area contributed by atoms with Gasteiger partial charge in [0, 0.05) is 17.1 Å². The maximum Gasteiger partial charge on any atom is 0.226 e. The number of benzene rings is 2. The van der Waals surface area contributed by atoms with Crippen LogP contribution in [0.1, 0.15) is 12.0 Å². The lowest BCUT2D eigenvalue weighted by molar-refractivity contribution is -0.115. The smallest absolute Gasteiger partial charge is 0.226 e. The fourth-order valence-corrected chi connectivity index (χ4v) is 4.26. The third kappa shape index (κ3) is 4.28. The Hall–Kier alpha value is -2.25. The molecule has 0 saturated carbocycles. The summed E-state index contributed by atoms with van der Waals surface area (Å²) in [7, 11) is 3.21. The summed E-state index contributed by atoms with van der Waals surface area (Å²) in [5, 5.41) is 3.42. The highest BCUT2D eigenvalue weighted by atomic mass is 32.2. The zero-order valence-electron chi connectivity index (χ0n) is 14.9. The summed E-state index contributed by atoms with van der Waals surface area (Å²) in [5.41, 5.74) is 1.93. The molecule has 0 atom stereocenters. The molecular formula is C19H20N2O3S2. The van der Waals surface area contributed by atoms with Gasteiger partial charge in [-0.05, 0) is 31.2 Å². The van der Waals surface area contributed by atoms with Crippen molar-refractivity contribution in [3.05, 3.63) is 42.0 Å². The lowest BCUT2D eigenvalue weighted by Gasteiger charge is -2.03. The van der Waals surface area contributed by atoms with E-state index in [9.17, 15) is 4.79 Å². The van der Waals surface area contributed by atoms with E-state index < -0.39 is 0 Å². The number of methoxy groups -OCH3 is 2. The molecule has 7 heteroatoms. The number of hydrogen-bond donors (Lipinski definition) is 1. The molecule has 2 aromatic carbocycles. The van der Waals surface area contributed by atoms with Gasteiger partial charge in [-0.15, -0.1) is 11.8 Å². The summed E-state index contributed by atoms with van der Waals surface area (Å²) in [4.78, 5) is 17.9. The number of aromatic nitrogens is 1. The van der Waals surface area contributed by atoms with E-state index in [1.807, 2.05) is 12.1 Å². The average Bonchev–Trinajstić information content (AvgIpc) is 3.06. The number of thioether (sulfide) groups is 1. The van der Waals surface area contributed by atoms with Crippen molar-refractivity contribution >= 4 is 44.4 Å². The highest BCUT2D eigenvalue weighted by Gasteiger charge is 2.15. The molecule has 0 aliphatic heterocycles. The van der Waals surface area contributed by atoms with Crippen LogP contribution in [0, 0.1) is 6.92 Å². The van der Waals surface area contributed by atoms with Gasteiger partial charge in [-0.25, -0.2) is 4.98 Å². The first-order valence-electron chi connectivity index (χ1n) is 8.11. The summed E-state index contributed by atoms with van der Waals surface area (Å²) in [6, 6.07) is 11.9. The quantitative estimate of drug-likeness (QED) is 0.592. The van der Waals surface area contributed by atoms with Crippen molar-refractivity contribution in [2.24, 2.45) is 0 Å². The number of ether oxygens (including phenoxy) is 2. The van der Waals surface area contributed by atoms with E-state index in [1.165, 1.54) is 16.9 Å². The molecule has 26 heavy (non-hydrogen) atoms. The Morgan fingerprint density at radius 2 is 1.81 bits per heavy atom. The molecule has 1 amide bonds. The number of amides is 1. The summed E-state index contributed by atoms with van der Waals surface area (Å²) < 4.78 is 11.6. The molecule has 5 nitrogen and oxygen atoms in total. The average molecular weight is 389 g/mol. The van der Waals surface area contributed by atoms with Crippen molar-refractivity contribution in [2.45, 2.75) is 18.2 Å². The number of anilines is 1. The maximum atomic E-state index is 12.2. The molecule has 0 bridgehead atoms. The van der Waals surface area contributed by atoms with Crippen LogP contribution in [0.3, 0.4) is 0 Å². The third-order valence-electron chi connectivity index (χ3n) is 3.78. The molecule has 0 unspecified atom stereocenters. The molecule has 1 heterocycles. The van der Waals surface area contributed by atoms with Crippen LogP contribution in [0.2, 0.25) is 0 Å². The van der Waals surface area contributed by atoms with Gasteiger partial charge in [0.25, 0.3) is 0 Å². The summed E-state index contributed by atoms with van der Waals surface area (Å²) in [6.07, 6.45) is 0.419. The molecule has 0 saturated heterocycles. The third-order valence-corrected chi connectivity index (χ3v) is 5.77. The molecule has 136 valence electrons. The van der Waals surface area contributed by atoms with Crippen molar-refractivity contribution in [2.75, 3.05) is 25.3 Å². The Balaban J connectivity index is 1.62. The van der Waals surface area contributed by atoms with Gasteiger partial charge in [-0.1, -0.05) is 29.0 Å². The van der Waals surface area contributed by atoms with E-state index in [1.54, 1.807) is 26.0 Å². The van der Waals surface area contributed by atoms with Crippen LogP contribution < -0.4 is 14.8 Å². The van der Waals surface area contributed by atoms with Crippen LogP contribution in [-0.4, -0.2) is 30.9 Å². The van der Waals surface area contributed by atoms with Crippen molar-refractivity contribution in [1.29, 1.82) is 0 Å². The highest BCUT2D eigenvalue weighted by Crippen LogP contribution is 2.38. The Morgan fingerprint density at radius 1 is 1.12 bits per heavy atom. The Kier molecular flexibility index (Phi) is 6.00. The Bertz CT molecular complexity index is 866. The van der Waals surface area contributed by atoms with Crippen molar-refractivity contribution < 1.29 is 14.3 Å². The summed E-state index contributed by atoms with van der Waals surface area (Å²) >= 11 is 3.05. The molecule has 0 aliphatic carbocycles. The van der Waals surface area contributed by atoms with Crippen LogP contribution >= 0.6 is 23.1 Å². The molecule has 0 fully saturated rings. The van der Waals surface area contributed by atoms with Crippen LogP contribution in [-0.2, 0) is 4.79 Å². The van der Waals surface area contributed by atoms with Crippen LogP contribution in [0.4, 0.5) is 5.13 Å². The Labute approximate surface area is 160 Å². The first-order chi connectivity index (χ1) is 12.6. The second-order valence-corrected chi connectivity index (χ2v) is 7.79. The van der Waals surface area contributed by atoms with Gasteiger partial charge in [0.1, 0.15) is 21.7 Å². The maximum absolute atomic E-state index is 12.2. The van der Waals surface area contributed by atoms with Crippen LogP contribution in [0.15, 0.2) is 41.3 Å². The number of hydrogen-bond acceptors (Lipinski definition) is 6. The molecule has 1 aromatic heterocycles. The highest BCUT2D eigenvalue weighted by molar-refractivity contribution is 7.99. The van der Waals surface area contributed by atoms with E-state index in [0.29, 0.717) is 34.3 Å². The van der Waals surface area contributed by atoms with Crippen molar-refractivity contribution in [3.8, 4) is 11.5 Å². The SMILES string of the molecule is COc1ccc(OC)c2sc(NC(=O)CCSc3ccc(C)cc3)nc12. The topological polar surface area (TPSA) is 60.5 Å². The van der Waals surface area contributed by atoms with E-state index >= 15 is 0 Å². The predicted octanol–water partition coefficient (Wildman–Crippen LogP) is 4.74. The standard InChI is InChI=1S/C19H20N2O3S2/c1-12-4-6-13(7-5-12)25-11-10-16(22)20-19-21-17-14(23-2)8-9-15(24-3)18(17)26-19/h4-9H,10-11H2,1-3H3,(H,20,21,22). The number of thiazole rings is 1. The number of carbonyl (C=O) groups is 1. The minimum atomic E-state index is -0.0541. The Morgan fingerprint density at radius 3 is 2.50 bits per heavy atom. The number of rotatable bonds is 7. The molecule has 3 rings (SSSR count). The van der Waals surface area contributed by atoms with E-state index in [2.05, 4.69) is 41.5 Å². The minimum Gasteiger partial charge on any atom is -0.495 e. The zero-order chi connectivity index (χ0) is 18.5. The monoisotopic (exact) mass is 388 g/mol. The first kappa shape index (κ1) is 18.5. The van der Waals surface area contributed by atoms with Crippen molar-refractivity contribution in [3.63, 3.8) is 0 Å². The van der Waals surface area contributed by atoms with Crippen LogP contribution in [0.5, 0.6) is 11.5 Å². The van der Waals surface area contributed by atoms with E-state index in [0.717, 1.165) is 9.60 Å². The lowest BCUT2D eigenvalue weighted by atomic mass is 10.2. The fraction of sp³-hybridized carbons (Fsp3) is 0.263. The van der Waals surface area contributed by atoms with Gasteiger partial charge in [-0.2, -0.15) is 0 Å². The van der Waals surface area contributed by atoms with Crippen LogP contribution in [0.25, 0.3) is 10.2 Å². The molecular weight excluding hydrogens is 368 g/mol. The van der Waals surface area contributed by atoms with Gasteiger partial charge in [0.15, 0.2) is 5.13 Å². The number of aryl methyl sites for hydroxylation is 1. The normalized spacial score (nSPS) is 10.7. The predicted molar refractivity (Wildman–Crippen MR) is 108 cm³/mol. The molecule has 0 spiro atoms. The van der Waals surface area contributed by atoms with Gasteiger partial charge in [0.2, 0.25) is 5.91 Å². The van der Waals surface area contributed by atoms with Gasteiger partial charge >= 0.3 is 0 Å². The van der Waals surface area contributed by atoms with Gasteiger partial charge in [-0.3, -0.25) is 4.79 Å². The fourth-order valence-electron chi connectivity index (χ4n) is 2.42. The van der Waals surface area contributed by atoms with E-state index in [4.69, 9.17) is 9.47 Å². The number of carbonyl (C=O) groups excluding carboxylic acids is 1. The van der Waals surface area contributed by atoms with E-state index in [-0.39, 0.29) is 5.91 Å². The summed E-state index contributed by atoms with van der Waals surface area (Å²) in [6.45, 7) is 2.06. The molecule has 3 aromatic rings. The largest absolute Gasteiger partial charge is 0.495 e. The number of nitrogens with one attached hydrogen (secondary N) is 1. The number of fused-ring (bicyclic) bond motifs is 1. The van der Waals surface area contributed by atoms with Crippen molar-refractivity contribution in [1.82, 2.24) is 4.98 Å². The molecule has 0 aliphatic rings. The van der Waals surface area contributed by atoms with Gasteiger partial charge < -0.3 is 14.8 Å². The van der Waals surface area contributed by atoms with Gasteiger partial charge in [0.05, 0.1) is 14.2 Å². The zero-order valence-corrected chi connectivity index (χ0v) is 16.5. The number of nitrogens with zero attached hydrogens (tertiary/aromatic N) is 1. The lowest BCUT2D eigenvalue weighted by Crippen LogP contribution is -2.11. The summed E-state index contributed by atoms with van der Waals surface area (Å²) in [5.74, 6) is 2.04. The second kappa shape index (κ2) is 8.42. The second-order valence-electron chi connectivity index (χ2n) is 5.63. The first-order valence-corrected chi connectivity index (χ1v) is 9.91.